The number of aliphatic imine (C=N–C) groups is 1. The molecule has 2 atom stereocenters. The number of hydrogen-bond donors (Lipinski definition) is 1. The van der Waals surface area contributed by atoms with Crippen LogP contribution in [0.5, 0.6) is 0 Å². The zero-order valence-electron chi connectivity index (χ0n) is 18.0. The fourth-order valence-electron chi connectivity index (χ4n) is 4.56. The molecule has 0 aliphatic carbocycles. The van der Waals surface area contributed by atoms with E-state index in [1.54, 1.807) is 0 Å². The third-order valence-corrected chi connectivity index (χ3v) is 6.11. The van der Waals surface area contributed by atoms with Crippen LogP contribution in [0.15, 0.2) is 29.3 Å². The van der Waals surface area contributed by atoms with Crippen molar-refractivity contribution in [1.82, 2.24) is 10.2 Å². The number of nitrogens with one attached hydrogen (secondary N) is 1. The number of guanidine groups is 1. The summed E-state index contributed by atoms with van der Waals surface area (Å²) in [6, 6.07) is 8.20. The molecule has 7 nitrogen and oxygen atoms in total. The normalized spacial score (nSPS) is 24.2. The number of carbonyl (C=O) groups is 1. The first kappa shape index (κ1) is 21.1. The second-order valence-electron chi connectivity index (χ2n) is 8.17. The maximum atomic E-state index is 12.7. The van der Waals surface area contributed by atoms with E-state index in [2.05, 4.69) is 23.2 Å². The topological polar surface area (TPSA) is 66.4 Å². The Morgan fingerprint density at radius 1 is 1.20 bits per heavy atom. The lowest BCUT2D eigenvalue weighted by atomic mass is 10.1. The Labute approximate surface area is 179 Å². The highest BCUT2D eigenvalue weighted by atomic mass is 16.5. The summed E-state index contributed by atoms with van der Waals surface area (Å²) in [5, 5.41) is 3.40. The minimum atomic E-state index is 0.113. The van der Waals surface area contributed by atoms with Crippen LogP contribution in [0, 0.1) is 0 Å². The quantitative estimate of drug-likeness (QED) is 0.439. The van der Waals surface area contributed by atoms with Gasteiger partial charge in [0.25, 0.3) is 0 Å². The predicted octanol–water partition coefficient (Wildman–Crippen LogP) is 2.20. The van der Waals surface area contributed by atoms with E-state index in [0.717, 1.165) is 70.1 Å². The van der Waals surface area contributed by atoms with Crippen molar-refractivity contribution in [3.8, 4) is 0 Å². The molecule has 3 aliphatic rings. The van der Waals surface area contributed by atoms with Crippen molar-refractivity contribution in [3.05, 3.63) is 29.8 Å². The van der Waals surface area contributed by atoms with Crippen molar-refractivity contribution in [2.24, 2.45) is 4.99 Å². The van der Waals surface area contributed by atoms with E-state index in [1.165, 1.54) is 5.56 Å². The Hall–Kier alpha value is -2.12. The fraction of sp³-hybridized carbons (Fsp3) is 0.652. The maximum Gasteiger partial charge on any atom is 0.227 e. The van der Waals surface area contributed by atoms with Crippen LogP contribution in [-0.2, 0) is 20.7 Å². The summed E-state index contributed by atoms with van der Waals surface area (Å²) in [7, 11) is 0. The van der Waals surface area contributed by atoms with E-state index in [0.29, 0.717) is 19.6 Å². The van der Waals surface area contributed by atoms with Gasteiger partial charge < -0.3 is 24.6 Å². The number of rotatable bonds is 6. The van der Waals surface area contributed by atoms with Crippen LogP contribution in [0.25, 0.3) is 0 Å². The number of benzene rings is 1. The predicted molar refractivity (Wildman–Crippen MR) is 118 cm³/mol. The van der Waals surface area contributed by atoms with Gasteiger partial charge in [0.05, 0.1) is 12.7 Å². The molecule has 3 heterocycles. The Morgan fingerprint density at radius 2 is 2.07 bits per heavy atom. The molecule has 1 aromatic carbocycles. The Balaban J connectivity index is 1.28. The summed E-state index contributed by atoms with van der Waals surface area (Å²) < 4.78 is 11.8. The molecule has 0 saturated carbocycles. The van der Waals surface area contributed by atoms with Gasteiger partial charge in [-0.15, -0.1) is 0 Å². The lowest BCUT2D eigenvalue weighted by Gasteiger charge is -2.37. The molecule has 30 heavy (non-hydrogen) atoms. The van der Waals surface area contributed by atoms with Gasteiger partial charge in [-0.2, -0.15) is 0 Å². The van der Waals surface area contributed by atoms with Gasteiger partial charge in [-0.1, -0.05) is 18.2 Å². The van der Waals surface area contributed by atoms with Crippen molar-refractivity contribution in [1.29, 1.82) is 0 Å². The lowest BCUT2D eigenvalue weighted by Crippen LogP contribution is -2.53. The number of para-hydroxylation sites is 1. The summed E-state index contributed by atoms with van der Waals surface area (Å²) in [5.74, 6) is 1.12. The Morgan fingerprint density at radius 3 is 2.90 bits per heavy atom. The molecule has 3 aliphatic heterocycles. The van der Waals surface area contributed by atoms with Gasteiger partial charge >= 0.3 is 0 Å². The molecular formula is C23H34N4O3. The van der Waals surface area contributed by atoms with Gasteiger partial charge in [0.1, 0.15) is 6.10 Å². The molecule has 7 heteroatoms. The van der Waals surface area contributed by atoms with Gasteiger partial charge in [-0.05, 0) is 44.2 Å². The largest absolute Gasteiger partial charge is 0.375 e. The number of amides is 1. The molecule has 0 radical (unpaired) electrons. The third kappa shape index (κ3) is 4.95. The number of hydrogen-bond acceptors (Lipinski definition) is 4. The monoisotopic (exact) mass is 414 g/mol. The molecule has 2 unspecified atom stereocenters. The Kier molecular flexibility index (Phi) is 7.23. The van der Waals surface area contributed by atoms with E-state index in [1.807, 2.05) is 23.1 Å². The van der Waals surface area contributed by atoms with Crippen molar-refractivity contribution < 1.29 is 14.3 Å². The molecule has 4 rings (SSSR count). The highest BCUT2D eigenvalue weighted by molar-refractivity contribution is 5.95. The van der Waals surface area contributed by atoms with Gasteiger partial charge in [0.2, 0.25) is 5.91 Å². The fourth-order valence-corrected chi connectivity index (χ4v) is 4.56. The zero-order valence-corrected chi connectivity index (χ0v) is 18.0. The first-order chi connectivity index (χ1) is 14.8. The lowest BCUT2D eigenvalue weighted by molar-refractivity contribution is -0.118. The van der Waals surface area contributed by atoms with Crippen LogP contribution in [0.2, 0.25) is 0 Å². The minimum Gasteiger partial charge on any atom is -0.375 e. The standard InChI is InChI=1S/C23H34N4O3/c1-2-24-23(26-14-16-30-21(17-26)20-9-6-15-29-20)25-12-5-10-22(28)27-13-11-18-7-3-4-8-19(18)27/h3-4,7-8,20-21H,2,5-6,9-17H2,1H3,(H,24,25). The highest BCUT2D eigenvalue weighted by Gasteiger charge is 2.32. The van der Waals surface area contributed by atoms with Gasteiger partial charge in [0.15, 0.2) is 5.96 Å². The molecule has 2 fully saturated rings. The number of fused-ring (bicyclic) bond motifs is 1. The number of ether oxygens (including phenoxy) is 2. The molecular weight excluding hydrogens is 380 g/mol. The van der Waals surface area contributed by atoms with Crippen molar-refractivity contribution in [2.45, 2.75) is 51.2 Å². The van der Waals surface area contributed by atoms with Gasteiger partial charge in [-0.25, -0.2) is 0 Å². The van der Waals surface area contributed by atoms with Crippen molar-refractivity contribution in [2.75, 3.05) is 50.8 Å². The van der Waals surface area contributed by atoms with Gasteiger partial charge in [-0.3, -0.25) is 9.79 Å². The van der Waals surface area contributed by atoms with Crippen molar-refractivity contribution in [3.63, 3.8) is 0 Å². The Bertz CT molecular complexity index is 748. The number of anilines is 1. The number of nitrogens with zero attached hydrogens (tertiary/aromatic N) is 3. The van der Waals surface area contributed by atoms with Crippen LogP contribution in [0.3, 0.4) is 0 Å². The number of morpholine rings is 1. The van der Waals surface area contributed by atoms with E-state index in [4.69, 9.17) is 14.5 Å². The van der Waals surface area contributed by atoms with E-state index >= 15 is 0 Å². The average Bonchev–Trinajstić information content (AvgIpc) is 3.46. The molecule has 0 bridgehead atoms. The third-order valence-electron chi connectivity index (χ3n) is 6.11. The first-order valence-electron chi connectivity index (χ1n) is 11.4. The summed E-state index contributed by atoms with van der Waals surface area (Å²) >= 11 is 0. The highest BCUT2D eigenvalue weighted by Crippen LogP contribution is 2.28. The summed E-state index contributed by atoms with van der Waals surface area (Å²) in [4.78, 5) is 21.7. The van der Waals surface area contributed by atoms with Crippen molar-refractivity contribution >= 4 is 17.6 Å². The second kappa shape index (κ2) is 10.3. The number of carbonyl (C=O) groups excluding carboxylic acids is 1. The molecule has 0 aromatic heterocycles. The summed E-state index contributed by atoms with van der Waals surface area (Å²) in [6.07, 6.45) is 4.75. The van der Waals surface area contributed by atoms with Crippen LogP contribution >= 0.6 is 0 Å². The van der Waals surface area contributed by atoms with Crippen LogP contribution in [-0.4, -0.2) is 74.9 Å². The maximum absolute atomic E-state index is 12.7. The smallest absolute Gasteiger partial charge is 0.227 e. The summed E-state index contributed by atoms with van der Waals surface area (Å²) in [5.41, 5.74) is 2.35. The molecule has 1 aromatic rings. The van der Waals surface area contributed by atoms with E-state index in [-0.39, 0.29) is 18.1 Å². The SMILES string of the molecule is CCNC(=NCCCC(=O)N1CCc2ccccc21)N1CCOC(C2CCCO2)C1. The molecule has 164 valence electrons. The molecule has 0 spiro atoms. The zero-order chi connectivity index (χ0) is 20.8. The average molecular weight is 415 g/mol. The van der Waals surface area contributed by atoms with Crippen LogP contribution in [0.1, 0.15) is 38.2 Å². The van der Waals surface area contributed by atoms with Gasteiger partial charge in [0, 0.05) is 51.4 Å². The van der Waals surface area contributed by atoms with Crippen LogP contribution in [0.4, 0.5) is 5.69 Å². The van der Waals surface area contributed by atoms with E-state index < -0.39 is 0 Å². The van der Waals surface area contributed by atoms with Crippen LogP contribution < -0.4 is 10.2 Å². The molecule has 1 amide bonds. The first-order valence-corrected chi connectivity index (χ1v) is 11.4. The van der Waals surface area contributed by atoms with E-state index in [9.17, 15) is 4.79 Å². The minimum absolute atomic E-state index is 0.113. The molecule has 2 saturated heterocycles. The second-order valence-corrected chi connectivity index (χ2v) is 8.17. The summed E-state index contributed by atoms with van der Waals surface area (Å²) in [6.45, 7) is 7.52. The molecule has 1 N–H and O–H groups in total.